The fourth-order valence-corrected chi connectivity index (χ4v) is 3.16. The summed E-state index contributed by atoms with van der Waals surface area (Å²) >= 11 is 3.45. The van der Waals surface area contributed by atoms with E-state index in [1.807, 2.05) is 24.3 Å². The topological polar surface area (TPSA) is 81.4 Å². The largest absolute Gasteiger partial charge is 0.497 e. The Morgan fingerprint density at radius 3 is 2.62 bits per heavy atom. The van der Waals surface area contributed by atoms with E-state index in [1.54, 1.807) is 48.3 Å². The molecule has 3 rings (SSSR count). The number of carbonyl (C=O) groups is 2. The van der Waals surface area contributed by atoms with Crippen molar-refractivity contribution in [2.24, 2.45) is 0 Å². The molecule has 0 saturated carbocycles. The lowest BCUT2D eigenvalue weighted by atomic mass is 10.1. The molecule has 0 atom stereocenters. The van der Waals surface area contributed by atoms with E-state index in [2.05, 4.69) is 21.0 Å². The number of ether oxygens (including phenoxy) is 1. The fraction of sp³-hybridized carbons (Fsp3) is 0.136. The van der Waals surface area contributed by atoms with Crippen LogP contribution in [-0.4, -0.2) is 33.7 Å². The summed E-state index contributed by atoms with van der Waals surface area (Å²) in [6, 6.07) is 14.5. The van der Waals surface area contributed by atoms with E-state index >= 15 is 0 Å². The number of carboxylic acids is 1. The highest BCUT2D eigenvalue weighted by atomic mass is 79.9. The zero-order valence-electron chi connectivity index (χ0n) is 15.7. The van der Waals surface area contributed by atoms with Crippen LogP contribution in [0.4, 0.5) is 0 Å². The van der Waals surface area contributed by atoms with Gasteiger partial charge in [-0.2, -0.15) is 5.10 Å². The molecule has 0 amide bonds. The lowest BCUT2D eigenvalue weighted by Gasteiger charge is -2.01. The van der Waals surface area contributed by atoms with Crippen LogP contribution in [0.5, 0.6) is 5.75 Å². The summed E-state index contributed by atoms with van der Waals surface area (Å²) in [5.74, 6) is -0.357. The van der Waals surface area contributed by atoms with Crippen molar-refractivity contribution in [3.63, 3.8) is 0 Å². The number of carbonyl (C=O) groups excluding carboxylic acids is 1. The van der Waals surface area contributed by atoms with Gasteiger partial charge in [0, 0.05) is 27.4 Å². The fourth-order valence-electron chi connectivity index (χ4n) is 2.76. The molecule has 0 aliphatic heterocycles. The van der Waals surface area contributed by atoms with Crippen molar-refractivity contribution in [3.8, 4) is 17.0 Å². The average Bonchev–Trinajstić information content (AvgIpc) is 3.14. The van der Waals surface area contributed by atoms with Crippen molar-refractivity contribution in [3.05, 3.63) is 76.4 Å². The molecule has 0 aliphatic carbocycles. The standard InChI is InChI=1S/C22H19BrN2O4/c1-29-19-8-5-15(6-9-19)20(26)10-7-17-14-25(12-11-21(27)28)24-22(17)16-3-2-4-18(23)13-16/h2-10,13-14H,11-12H2,1H3,(H,27,28)/b10-7-. The number of aromatic nitrogens is 2. The number of hydrogen-bond donors (Lipinski definition) is 1. The number of nitrogens with zero attached hydrogens (tertiary/aromatic N) is 2. The zero-order chi connectivity index (χ0) is 20.8. The first-order valence-corrected chi connectivity index (χ1v) is 9.67. The number of halogens is 1. The Kier molecular flexibility index (Phi) is 6.61. The third kappa shape index (κ3) is 5.42. The number of methoxy groups -OCH3 is 1. The molecule has 148 valence electrons. The molecule has 1 N–H and O–H groups in total. The maximum atomic E-state index is 12.5. The minimum atomic E-state index is -0.892. The second-order valence-electron chi connectivity index (χ2n) is 6.28. The lowest BCUT2D eigenvalue weighted by Crippen LogP contribution is -2.04. The maximum absolute atomic E-state index is 12.5. The first kappa shape index (κ1) is 20.5. The molecule has 2 aromatic carbocycles. The average molecular weight is 455 g/mol. The van der Waals surface area contributed by atoms with Crippen LogP contribution in [0.3, 0.4) is 0 Å². The van der Waals surface area contributed by atoms with Gasteiger partial charge in [0.2, 0.25) is 0 Å². The Hall–Kier alpha value is -3.19. The number of aryl methyl sites for hydroxylation is 1. The molecule has 7 heteroatoms. The number of aliphatic carboxylic acids is 1. The van der Waals surface area contributed by atoms with Gasteiger partial charge < -0.3 is 9.84 Å². The van der Waals surface area contributed by atoms with Crippen molar-refractivity contribution in [1.82, 2.24) is 9.78 Å². The first-order chi connectivity index (χ1) is 14.0. The van der Waals surface area contributed by atoms with E-state index in [-0.39, 0.29) is 18.7 Å². The third-order valence-electron chi connectivity index (χ3n) is 4.23. The van der Waals surface area contributed by atoms with Gasteiger partial charge in [-0.3, -0.25) is 14.3 Å². The molecule has 29 heavy (non-hydrogen) atoms. The summed E-state index contributed by atoms with van der Waals surface area (Å²) < 4.78 is 7.60. The van der Waals surface area contributed by atoms with Crippen LogP contribution in [-0.2, 0) is 11.3 Å². The first-order valence-electron chi connectivity index (χ1n) is 8.88. The minimum absolute atomic E-state index is 0.0342. The van der Waals surface area contributed by atoms with Gasteiger partial charge in [0.1, 0.15) is 5.75 Å². The van der Waals surface area contributed by atoms with Gasteiger partial charge in [-0.15, -0.1) is 0 Å². The van der Waals surface area contributed by atoms with Crippen molar-refractivity contribution in [2.75, 3.05) is 7.11 Å². The maximum Gasteiger partial charge on any atom is 0.305 e. The number of hydrogen-bond acceptors (Lipinski definition) is 4. The van der Waals surface area contributed by atoms with Crippen LogP contribution in [0.15, 0.2) is 65.3 Å². The summed E-state index contributed by atoms with van der Waals surface area (Å²) in [5.41, 5.74) is 2.82. The SMILES string of the molecule is COc1ccc(C(=O)/C=C\c2cn(CCC(=O)O)nc2-c2cccc(Br)c2)cc1. The number of benzene rings is 2. The molecule has 0 aliphatic rings. The summed E-state index contributed by atoms with van der Waals surface area (Å²) in [6.07, 6.45) is 4.90. The van der Waals surface area contributed by atoms with Crippen LogP contribution in [0, 0.1) is 0 Å². The number of carboxylic acid groups (broad SMARTS) is 1. The molecule has 1 aromatic heterocycles. The van der Waals surface area contributed by atoms with Crippen LogP contribution in [0.1, 0.15) is 22.3 Å². The molecule has 3 aromatic rings. The van der Waals surface area contributed by atoms with Gasteiger partial charge in [-0.25, -0.2) is 0 Å². The van der Waals surface area contributed by atoms with E-state index in [1.165, 1.54) is 6.08 Å². The Morgan fingerprint density at radius 1 is 1.21 bits per heavy atom. The molecular weight excluding hydrogens is 436 g/mol. The van der Waals surface area contributed by atoms with E-state index in [4.69, 9.17) is 9.84 Å². The summed E-state index contributed by atoms with van der Waals surface area (Å²) in [7, 11) is 1.57. The lowest BCUT2D eigenvalue weighted by molar-refractivity contribution is -0.137. The molecule has 1 heterocycles. The molecule has 0 fully saturated rings. The van der Waals surface area contributed by atoms with Gasteiger partial charge in [0.15, 0.2) is 5.78 Å². The monoisotopic (exact) mass is 454 g/mol. The number of allylic oxidation sites excluding steroid dienone is 1. The van der Waals surface area contributed by atoms with E-state index in [9.17, 15) is 9.59 Å². The smallest absolute Gasteiger partial charge is 0.305 e. The van der Waals surface area contributed by atoms with Crippen molar-refractivity contribution in [2.45, 2.75) is 13.0 Å². The highest BCUT2D eigenvalue weighted by molar-refractivity contribution is 9.10. The van der Waals surface area contributed by atoms with Gasteiger partial charge in [0.25, 0.3) is 0 Å². The molecule has 0 radical (unpaired) electrons. The van der Waals surface area contributed by atoms with Gasteiger partial charge in [-0.05, 0) is 48.6 Å². The van der Waals surface area contributed by atoms with Gasteiger partial charge in [0.05, 0.1) is 25.8 Å². The molecule has 6 nitrogen and oxygen atoms in total. The summed E-state index contributed by atoms with van der Waals surface area (Å²) in [5, 5.41) is 13.4. The predicted octanol–water partition coefficient (Wildman–Crippen LogP) is 4.69. The van der Waals surface area contributed by atoms with Crippen LogP contribution in [0.2, 0.25) is 0 Å². The molecule has 0 saturated heterocycles. The Labute approximate surface area is 176 Å². The Balaban J connectivity index is 1.90. The van der Waals surface area contributed by atoms with Crippen molar-refractivity contribution in [1.29, 1.82) is 0 Å². The molecule has 0 bridgehead atoms. The summed E-state index contributed by atoms with van der Waals surface area (Å²) in [4.78, 5) is 23.4. The predicted molar refractivity (Wildman–Crippen MR) is 114 cm³/mol. The zero-order valence-corrected chi connectivity index (χ0v) is 17.3. The number of rotatable bonds is 8. The van der Waals surface area contributed by atoms with Gasteiger partial charge >= 0.3 is 5.97 Å². The molecule has 0 unspecified atom stereocenters. The third-order valence-corrected chi connectivity index (χ3v) is 4.72. The van der Waals surface area contributed by atoms with E-state index in [0.29, 0.717) is 17.0 Å². The Morgan fingerprint density at radius 2 is 1.97 bits per heavy atom. The van der Waals surface area contributed by atoms with Crippen LogP contribution >= 0.6 is 15.9 Å². The normalized spacial score (nSPS) is 11.0. The molecule has 0 spiro atoms. The molecular formula is C22H19BrN2O4. The van der Waals surface area contributed by atoms with Crippen LogP contribution in [0.25, 0.3) is 17.3 Å². The highest BCUT2D eigenvalue weighted by Gasteiger charge is 2.11. The minimum Gasteiger partial charge on any atom is -0.497 e. The van der Waals surface area contributed by atoms with Crippen molar-refractivity contribution >= 4 is 33.8 Å². The Bertz CT molecular complexity index is 1050. The van der Waals surface area contributed by atoms with Gasteiger partial charge in [-0.1, -0.05) is 28.1 Å². The summed E-state index contributed by atoms with van der Waals surface area (Å²) in [6.45, 7) is 0.247. The van der Waals surface area contributed by atoms with Crippen molar-refractivity contribution < 1.29 is 19.4 Å². The quantitative estimate of drug-likeness (QED) is 0.394. The highest BCUT2D eigenvalue weighted by Crippen LogP contribution is 2.26. The second kappa shape index (κ2) is 9.34. The van der Waals surface area contributed by atoms with E-state index < -0.39 is 5.97 Å². The number of ketones is 1. The van der Waals surface area contributed by atoms with Crippen LogP contribution < -0.4 is 4.74 Å². The second-order valence-corrected chi connectivity index (χ2v) is 7.19. The van der Waals surface area contributed by atoms with E-state index in [0.717, 1.165) is 15.6 Å².